The molecule has 1 fully saturated rings. The summed E-state index contributed by atoms with van der Waals surface area (Å²) in [6, 6.07) is 6.58. The van der Waals surface area contributed by atoms with Crippen LogP contribution >= 0.6 is 0 Å². The highest BCUT2D eigenvalue weighted by Gasteiger charge is 2.58. The van der Waals surface area contributed by atoms with Crippen molar-refractivity contribution < 1.29 is 5.82 Å². The maximum absolute atomic E-state index is 13.4. The lowest BCUT2D eigenvalue weighted by Gasteiger charge is -2.30. The van der Waals surface area contributed by atoms with E-state index in [1.807, 2.05) is 26.1 Å². The number of allylic oxidation sites excluding steroid dienone is 1. The van der Waals surface area contributed by atoms with Gasteiger partial charge in [-0.2, -0.15) is 0 Å². The second-order valence-electron chi connectivity index (χ2n) is 7.08. The van der Waals surface area contributed by atoms with Crippen molar-refractivity contribution in [2.45, 2.75) is 39.7 Å². The smallest absolute Gasteiger partial charge is 0.149 e. The first-order chi connectivity index (χ1) is 13.6. The van der Waals surface area contributed by atoms with Crippen LogP contribution in [0, 0.1) is 23.3 Å². The molecule has 3 aliphatic rings. The van der Waals surface area contributed by atoms with Gasteiger partial charge in [0.2, 0.25) is 0 Å². The van der Waals surface area contributed by atoms with Gasteiger partial charge in [0.25, 0.3) is 0 Å². The van der Waals surface area contributed by atoms with Crippen LogP contribution in [0.5, 0.6) is 0 Å². The summed E-state index contributed by atoms with van der Waals surface area (Å²) >= 11 is 0. The molecule has 0 amide bonds. The third-order valence-corrected chi connectivity index (χ3v) is 5.38. The minimum absolute atomic E-state index is 0. The highest BCUT2D eigenvalue weighted by atomic mass is 19.1. The molecule has 1 spiro atoms. The lowest BCUT2D eigenvalue weighted by molar-refractivity contribution is 0.624. The summed E-state index contributed by atoms with van der Waals surface area (Å²) in [6.07, 6.45) is 11.2. The van der Waals surface area contributed by atoms with E-state index in [-0.39, 0.29) is 18.7 Å². The van der Waals surface area contributed by atoms with Crippen LogP contribution in [0.2, 0.25) is 0 Å². The number of nitrogens with zero attached hydrogens (tertiary/aromatic N) is 1. The zero-order chi connectivity index (χ0) is 20.1. The standard InChI is InChI=1S/C21H24FN4.C2H6.H2/c1-3-18-14(11-21-12-15(21)8-9-23-20(21)26-18)13-24-19(4-2)25-17-7-5-6-16(22)10-17;1-2;/h4-11,15,18,24-25H,2-3,12-13H2,1H3,(H,23,26);1-2H3;1H. The number of dihydropyridines is 1. The molecule has 1 aromatic carbocycles. The first-order valence-corrected chi connectivity index (χ1v) is 10.1. The van der Waals surface area contributed by atoms with E-state index < -0.39 is 0 Å². The van der Waals surface area contributed by atoms with E-state index in [1.165, 1.54) is 17.7 Å². The highest BCUT2D eigenvalue weighted by molar-refractivity contribution is 5.96. The average molecular weight is 384 g/mol. The number of aliphatic imine (C=N–C) groups is 1. The number of rotatable bonds is 7. The molecule has 0 aromatic heterocycles. The first-order valence-electron chi connectivity index (χ1n) is 10.1. The van der Waals surface area contributed by atoms with Crippen molar-refractivity contribution in [1.29, 1.82) is 0 Å². The molecular formula is C23H32FN4. The Hall–Kier alpha value is -2.40. The van der Waals surface area contributed by atoms with Gasteiger partial charge in [0.05, 0.1) is 11.5 Å². The van der Waals surface area contributed by atoms with Crippen LogP contribution < -0.4 is 16.0 Å². The molecule has 4 rings (SSSR count). The maximum Gasteiger partial charge on any atom is 0.149 e. The molecule has 3 unspecified atom stereocenters. The van der Waals surface area contributed by atoms with Crippen molar-refractivity contribution in [3.63, 3.8) is 0 Å². The fraction of sp³-hybridized carbons (Fsp3) is 0.391. The lowest BCUT2D eigenvalue weighted by Crippen LogP contribution is -2.39. The fourth-order valence-corrected chi connectivity index (χ4v) is 3.86. The van der Waals surface area contributed by atoms with Crippen LogP contribution in [0.3, 0.4) is 0 Å². The van der Waals surface area contributed by atoms with Gasteiger partial charge in [-0.3, -0.25) is 10.3 Å². The van der Waals surface area contributed by atoms with Crippen LogP contribution in [0.15, 0.2) is 65.8 Å². The summed E-state index contributed by atoms with van der Waals surface area (Å²) in [5.41, 5.74) is 2.08. The maximum atomic E-state index is 13.4. The molecule has 3 atom stereocenters. The predicted octanol–water partition coefficient (Wildman–Crippen LogP) is 5.02. The van der Waals surface area contributed by atoms with Crippen molar-refractivity contribution in [2.75, 3.05) is 11.9 Å². The van der Waals surface area contributed by atoms with Crippen molar-refractivity contribution in [1.82, 2.24) is 10.6 Å². The average Bonchev–Trinajstić information content (AvgIpc) is 3.44. The van der Waals surface area contributed by atoms with Gasteiger partial charge >= 0.3 is 0 Å². The number of benzene rings is 1. The number of amidine groups is 1. The molecule has 4 nitrogen and oxygen atoms in total. The Balaban J connectivity index is 0.000000970. The molecule has 0 saturated heterocycles. The monoisotopic (exact) mass is 383 g/mol. The van der Waals surface area contributed by atoms with Crippen molar-refractivity contribution in [3.05, 3.63) is 72.8 Å². The third kappa shape index (κ3) is 4.04. The number of nitrogens with one attached hydrogen (secondary N) is 3. The molecule has 2 heterocycles. The number of anilines is 1. The third-order valence-electron chi connectivity index (χ3n) is 5.38. The number of hydrogen-bond donors (Lipinski definition) is 3. The lowest BCUT2D eigenvalue weighted by atomic mass is 9.89. The van der Waals surface area contributed by atoms with Gasteiger partial charge in [0.1, 0.15) is 17.8 Å². The van der Waals surface area contributed by atoms with Crippen molar-refractivity contribution in [3.8, 4) is 0 Å². The van der Waals surface area contributed by atoms with Crippen molar-refractivity contribution >= 4 is 11.5 Å². The molecule has 28 heavy (non-hydrogen) atoms. The second kappa shape index (κ2) is 8.74. The Morgan fingerprint density at radius 2 is 2.29 bits per heavy atom. The zero-order valence-corrected chi connectivity index (χ0v) is 16.9. The minimum atomic E-state index is -0.266. The Bertz CT molecular complexity index is 804. The molecule has 1 aliphatic carbocycles. The Morgan fingerprint density at radius 3 is 3.00 bits per heavy atom. The number of halogens is 1. The summed E-state index contributed by atoms with van der Waals surface area (Å²) in [5, 5.41) is 9.91. The topological polar surface area (TPSA) is 48.5 Å². The van der Waals surface area contributed by atoms with Gasteiger partial charge in [0.15, 0.2) is 0 Å². The number of hydrogen-bond acceptors (Lipinski definition) is 4. The summed E-state index contributed by atoms with van der Waals surface area (Å²) in [6.45, 7) is 10.7. The van der Waals surface area contributed by atoms with Gasteiger partial charge in [-0.05, 0) is 54.8 Å². The highest BCUT2D eigenvalue weighted by Crippen LogP contribution is 2.58. The molecule has 1 aromatic rings. The predicted molar refractivity (Wildman–Crippen MR) is 117 cm³/mol. The van der Waals surface area contributed by atoms with Gasteiger partial charge in [0, 0.05) is 13.7 Å². The summed E-state index contributed by atoms with van der Waals surface area (Å²) in [7, 11) is 0. The van der Waals surface area contributed by atoms with Gasteiger partial charge < -0.3 is 10.6 Å². The van der Waals surface area contributed by atoms with E-state index in [4.69, 9.17) is 4.99 Å². The molecule has 3 N–H and O–H groups in total. The molecule has 2 aliphatic heterocycles. The van der Waals surface area contributed by atoms with Gasteiger partial charge in [-0.25, -0.2) is 4.39 Å². The van der Waals surface area contributed by atoms with Crippen molar-refractivity contribution in [2.24, 2.45) is 16.3 Å². The van der Waals surface area contributed by atoms with E-state index in [2.05, 4.69) is 41.6 Å². The largest absolute Gasteiger partial charge is 0.361 e. The molecule has 1 saturated carbocycles. The van der Waals surface area contributed by atoms with Crippen LogP contribution in [-0.4, -0.2) is 18.4 Å². The SMILES string of the molecule is C=C[C](NCC1=CC23CC2C=CNC3=NC1CC)Nc1cccc(F)c1.CC.[HH]. The Kier molecular flexibility index (Phi) is 6.35. The molecular weight excluding hydrogens is 351 g/mol. The quantitative estimate of drug-likeness (QED) is 0.580. The molecule has 5 heteroatoms. The zero-order valence-electron chi connectivity index (χ0n) is 16.9. The van der Waals surface area contributed by atoms with Gasteiger partial charge in [-0.15, -0.1) is 0 Å². The van der Waals surface area contributed by atoms with E-state index >= 15 is 0 Å². The minimum Gasteiger partial charge on any atom is -0.361 e. The summed E-state index contributed by atoms with van der Waals surface area (Å²) < 4.78 is 13.4. The van der Waals surface area contributed by atoms with Gasteiger partial charge in [-0.1, -0.05) is 45.6 Å². The van der Waals surface area contributed by atoms with E-state index in [9.17, 15) is 4.39 Å². The van der Waals surface area contributed by atoms with E-state index in [0.717, 1.165) is 24.8 Å². The first kappa shape index (κ1) is 20.3. The van der Waals surface area contributed by atoms with Crippen LogP contribution in [0.25, 0.3) is 0 Å². The van der Waals surface area contributed by atoms with Crippen LogP contribution in [-0.2, 0) is 0 Å². The second-order valence-corrected chi connectivity index (χ2v) is 7.08. The van der Waals surface area contributed by atoms with E-state index in [1.54, 1.807) is 12.1 Å². The molecule has 151 valence electrons. The Labute approximate surface area is 169 Å². The normalized spacial score (nSPS) is 26.6. The van der Waals surface area contributed by atoms with Crippen LogP contribution in [0.4, 0.5) is 10.1 Å². The summed E-state index contributed by atoms with van der Waals surface area (Å²) in [4.78, 5) is 4.96. The fourth-order valence-electron chi connectivity index (χ4n) is 3.86. The molecule has 0 bridgehead atoms. The van der Waals surface area contributed by atoms with Crippen LogP contribution in [0.1, 0.15) is 35.0 Å². The Morgan fingerprint density at radius 1 is 1.46 bits per heavy atom. The molecule has 1 radical (unpaired) electrons. The summed E-state index contributed by atoms with van der Waals surface area (Å²) in [5.74, 6) is 1.42. The van der Waals surface area contributed by atoms with E-state index in [0.29, 0.717) is 18.2 Å².